The third-order valence-electron chi connectivity index (χ3n) is 5.67. The molecule has 0 spiro atoms. The molecule has 0 unspecified atom stereocenters. The fourth-order valence-corrected chi connectivity index (χ4v) is 3.73. The van der Waals surface area contributed by atoms with Crippen molar-refractivity contribution in [3.05, 3.63) is 63.1 Å². The number of benzene rings is 1. The van der Waals surface area contributed by atoms with Crippen LogP contribution in [0.2, 0.25) is 0 Å². The molecule has 10 nitrogen and oxygen atoms in total. The summed E-state index contributed by atoms with van der Waals surface area (Å²) in [7, 11) is 1.52. The van der Waals surface area contributed by atoms with Crippen LogP contribution in [-0.4, -0.2) is 68.0 Å². The van der Waals surface area contributed by atoms with Gasteiger partial charge in [-0.2, -0.15) is 0 Å². The van der Waals surface area contributed by atoms with Gasteiger partial charge in [0.1, 0.15) is 23.9 Å². The van der Waals surface area contributed by atoms with Crippen LogP contribution in [0, 0.1) is 11.6 Å². The molecule has 2 amide bonds. The van der Waals surface area contributed by atoms with Gasteiger partial charge in [-0.1, -0.05) is 19.4 Å². The van der Waals surface area contributed by atoms with Gasteiger partial charge in [0, 0.05) is 51.1 Å². The fourth-order valence-electron chi connectivity index (χ4n) is 3.73. The molecular formula is C24H31F2N5O5. The summed E-state index contributed by atoms with van der Waals surface area (Å²) in [5.41, 5.74) is 4.78. The van der Waals surface area contributed by atoms with Crippen molar-refractivity contribution in [1.29, 1.82) is 0 Å². The maximum absolute atomic E-state index is 14.0. The van der Waals surface area contributed by atoms with Crippen LogP contribution in [-0.2, 0) is 11.3 Å². The zero-order chi connectivity index (χ0) is 26.2. The molecule has 36 heavy (non-hydrogen) atoms. The lowest BCUT2D eigenvalue weighted by atomic mass is 10.1. The summed E-state index contributed by atoms with van der Waals surface area (Å²) in [4.78, 5) is 41.2. The molecule has 0 bridgehead atoms. The second-order valence-corrected chi connectivity index (χ2v) is 8.24. The van der Waals surface area contributed by atoms with Gasteiger partial charge >= 0.3 is 0 Å². The van der Waals surface area contributed by atoms with Crippen LogP contribution in [0.1, 0.15) is 46.2 Å². The van der Waals surface area contributed by atoms with Gasteiger partial charge in [0.15, 0.2) is 11.4 Å². The minimum atomic E-state index is -0.822. The van der Waals surface area contributed by atoms with Crippen LogP contribution in [0.4, 0.5) is 8.78 Å². The van der Waals surface area contributed by atoms with Crippen molar-refractivity contribution in [3.63, 3.8) is 0 Å². The lowest BCUT2D eigenvalue weighted by Crippen LogP contribution is -2.56. The van der Waals surface area contributed by atoms with Crippen molar-refractivity contribution in [3.8, 4) is 5.75 Å². The molecule has 3 rings (SSSR count). The van der Waals surface area contributed by atoms with Gasteiger partial charge in [0.25, 0.3) is 11.8 Å². The quantitative estimate of drug-likeness (QED) is 0.414. The molecule has 0 aliphatic carbocycles. The number of amides is 2. The Morgan fingerprint density at radius 1 is 1.19 bits per heavy atom. The van der Waals surface area contributed by atoms with E-state index in [2.05, 4.69) is 5.32 Å². The average Bonchev–Trinajstić information content (AvgIpc) is 2.85. The second kappa shape index (κ2) is 12.5. The van der Waals surface area contributed by atoms with Gasteiger partial charge in [-0.15, -0.1) is 0 Å². The van der Waals surface area contributed by atoms with Crippen LogP contribution >= 0.6 is 0 Å². The summed E-state index contributed by atoms with van der Waals surface area (Å²) < 4.78 is 39.5. The second-order valence-electron chi connectivity index (χ2n) is 8.24. The minimum Gasteiger partial charge on any atom is -0.487 e. The SMILES string of the molecule is CCCCOc1c2n(cc(C(=O)NCc3ccc(F)cc3F)c1=O)N(CCN)CN(CCOC)C2=O. The average molecular weight is 508 g/mol. The van der Waals surface area contributed by atoms with Crippen molar-refractivity contribution in [2.75, 3.05) is 51.6 Å². The summed E-state index contributed by atoms with van der Waals surface area (Å²) in [6, 6.07) is 2.99. The van der Waals surface area contributed by atoms with E-state index in [1.165, 1.54) is 28.9 Å². The topological polar surface area (TPSA) is 119 Å². The number of ether oxygens (including phenoxy) is 2. The molecule has 0 saturated carbocycles. The standard InChI is InChI=1S/C24H31F2N5O5/c1-3-4-10-36-22-20-24(34)29(9-11-35-2)15-30(8-7-27)31(20)14-18(21(22)32)23(33)28-13-16-5-6-17(25)12-19(16)26/h5-6,12,14H,3-4,7-11,13,15,27H2,1-2H3,(H,28,33). The van der Waals surface area contributed by atoms with Gasteiger partial charge in [-0.3, -0.25) is 24.1 Å². The zero-order valence-corrected chi connectivity index (χ0v) is 20.4. The fraction of sp³-hybridized carbons (Fsp3) is 0.458. The number of carbonyl (C=O) groups excluding carboxylic acids is 2. The number of rotatable bonds is 12. The smallest absolute Gasteiger partial charge is 0.277 e. The molecule has 1 aromatic carbocycles. The highest BCUT2D eigenvalue weighted by Crippen LogP contribution is 2.23. The Morgan fingerprint density at radius 3 is 2.64 bits per heavy atom. The van der Waals surface area contributed by atoms with E-state index in [-0.39, 0.29) is 55.5 Å². The summed E-state index contributed by atoms with van der Waals surface area (Å²) in [6.45, 7) is 3.15. The number of nitrogens with one attached hydrogen (secondary N) is 1. The van der Waals surface area contributed by atoms with E-state index in [1.54, 1.807) is 5.01 Å². The Kier molecular flexibility index (Phi) is 9.37. The van der Waals surface area contributed by atoms with Gasteiger partial charge in [0.05, 0.1) is 13.2 Å². The number of nitrogens with zero attached hydrogens (tertiary/aromatic N) is 3. The van der Waals surface area contributed by atoms with Crippen molar-refractivity contribution < 1.29 is 27.8 Å². The van der Waals surface area contributed by atoms with E-state index in [0.29, 0.717) is 25.6 Å². The molecule has 0 atom stereocenters. The maximum atomic E-state index is 14.0. The van der Waals surface area contributed by atoms with E-state index < -0.39 is 28.9 Å². The molecule has 1 aliphatic rings. The number of hydrogen-bond donors (Lipinski definition) is 2. The van der Waals surface area contributed by atoms with Gasteiger partial charge in [0.2, 0.25) is 5.43 Å². The maximum Gasteiger partial charge on any atom is 0.277 e. The largest absolute Gasteiger partial charge is 0.487 e. The summed E-state index contributed by atoms with van der Waals surface area (Å²) >= 11 is 0. The Morgan fingerprint density at radius 2 is 1.97 bits per heavy atom. The van der Waals surface area contributed by atoms with Crippen LogP contribution in [0.5, 0.6) is 5.75 Å². The van der Waals surface area contributed by atoms with Crippen molar-refractivity contribution in [2.45, 2.75) is 26.3 Å². The van der Waals surface area contributed by atoms with Crippen LogP contribution in [0.3, 0.4) is 0 Å². The first-order valence-electron chi connectivity index (χ1n) is 11.7. The van der Waals surface area contributed by atoms with Crippen LogP contribution in [0.25, 0.3) is 0 Å². The first-order chi connectivity index (χ1) is 17.3. The number of pyridine rings is 1. The number of carbonyl (C=O) groups is 2. The van der Waals surface area contributed by atoms with E-state index in [4.69, 9.17) is 15.2 Å². The highest BCUT2D eigenvalue weighted by atomic mass is 19.1. The molecule has 0 saturated heterocycles. The number of aromatic nitrogens is 1. The molecule has 1 aliphatic heterocycles. The van der Waals surface area contributed by atoms with Crippen molar-refractivity contribution in [1.82, 2.24) is 14.9 Å². The number of hydrogen-bond acceptors (Lipinski definition) is 7. The zero-order valence-electron chi connectivity index (χ0n) is 20.4. The minimum absolute atomic E-state index is 0.00645. The first-order valence-corrected chi connectivity index (χ1v) is 11.7. The Labute approximate surface area is 207 Å². The molecule has 1 aromatic heterocycles. The number of unbranched alkanes of at least 4 members (excludes halogenated alkanes) is 1. The highest BCUT2D eigenvalue weighted by molar-refractivity contribution is 5.99. The molecule has 12 heteroatoms. The Bertz CT molecular complexity index is 1160. The molecular weight excluding hydrogens is 476 g/mol. The van der Waals surface area contributed by atoms with E-state index in [0.717, 1.165) is 12.5 Å². The summed E-state index contributed by atoms with van der Waals surface area (Å²) in [5.74, 6) is -3.03. The molecule has 2 heterocycles. The molecule has 0 radical (unpaired) electrons. The van der Waals surface area contributed by atoms with Gasteiger partial charge in [-0.25, -0.2) is 8.78 Å². The Balaban J connectivity index is 2.02. The van der Waals surface area contributed by atoms with Crippen molar-refractivity contribution >= 4 is 11.8 Å². The lowest BCUT2D eigenvalue weighted by molar-refractivity contribution is 0.0620. The number of halogens is 2. The third-order valence-corrected chi connectivity index (χ3v) is 5.67. The lowest BCUT2D eigenvalue weighted by Gasteiger charge is -2.40. The highest BCUT2D eigenvalue weighted by Gasteiger charge is 2.35. The predicted octanol–water partition coefficient (Wildman–Crippen LogP) is 1.19. The Hall–Kier alpha value is -3.51. The monoisotopic (exact) mass is 507 g/mol. The first kappa shape index (κ1) is 27.1. The predicted molar refractivity (Wildman–Crippen MR) is 129 cm³/mol. The molecule has 0 fully saturated rings. The van der Waals surface area contributed by atoms with Crippen molar-refractivity contribution in [2.24, 2.45) is 5.73 Å². The third kappa shape index (κ3) is 6.00. The van der Waals surface area contributed by atoms with Gasteiger partial charge in [-0.05, 0) is 12.5 Å². The normalized spacial score (nSPS) is 13.1. The number of nitrogens with two attached hydrogens (primary N) is 1. The molecule has 2 aromatic rings. The molecule has 196 valence electrons. The van der Waals surface area contributed by atoms with Crippen LogP contribution < -0.4 is 26.2 Å². The number of fused-ring (bicyclic) bond motifs is 1. The van der Waals surface area contributed by atoms with E-state index >= 15 is 0 Å². The van der Waals surface area contributed by atoms with Crippen LogP contribution in [0.15, 0.2) is 29.2 Å². The summed E-state index contributed by atoms with van der Waals surface area (Å²) in [6.07, 6.45) is 2.69. The van der Waals surface area contributed by atoms with Gasteiger partial charge < -0.3 is 25.4 Å². The molecule has 3 N–H and O–H groups in total. The number of methoxy groups -OCH3 is 1. The van der Waals surface area contributed by atoms with E-state index in [9.17, 15) is 23.2 Å². The summed E-state index contributed by atoms with van der Waals surface area (Å²) in [5, 5.41) is 4.20. The van der Waals surface area contributed by atoms with E-state index in [1.807, 2.05) is 6.92 Å².